The number of hydrogen-bond acceptors (Lipinski definition) is 20. The highest BCUT2D eigenvalue weighted by Gasteiger charge is 2.42. The van der Waals surface area contributed by atoms with Crippen molar-refractivity contribution >= 4 is 11.9 Å². The third-order valence-corrected chi connectivity index (χ3v) is 22.3. The molecule has 564 valence electrons. The van der Waals surface area contributed by atoms with Gasteiger partial charge in [0, 0.05) is 108 Å². The lowest BCUT2D eigenvalue weighted by atomic mass is 9.79. The van der Waals surface area contributed by atoms with Gasteiger partial charge in [0.2, 0.25) is 0 Å². The molecule has 20 heteroatoms. The molecule has 2 saturated heterocycles. The first kappa shape index (κ1) is 85.4. The zero-order valence-corrected chi connectivity index (χ0v) is 62.3. The minimum atomic E-state index is -1.14. The molecule has 98 heavy (non-hydrogen) atoms. The molecule has 2 fully saturated rings. The first-order valence-corrected chi connectivity index (χ1v) is 37.1. The number of rotatable bonds is 16. The Morgan fingerprint density at radius 1 is 0.490 bits per heavy atom. The topological polar surface area (TPSA) is 288 Å². The average Bonchev–Trinajstić information content (AvgIpc) is 0.907. The van der Waals surface area contributed by atoms with E-state index in [2.05, 4.69) is 0 Å². The lowest BCUT2D eigenvalue weighted by molar-refractivity contribution is -0.155. The Morgan fingerprint density at radius 3 is 1.41 bits per heavy atom. The molecule has 5 aliphatic rings. The fourth-order valence-electron chi connectivity index (χ4n) is 15.3. The van der Waals surface area contributed by atoms with E-state index in [1.807, 2.05) is 98.8 Å². The molecule has 5 aliphatic heterocycles. The van der Waals surface area contributed by atoms with Gasteiger partial charge in [0.1, 0.15) is 12.2 Å². The minimum absolute atomic E-state index is 0.00955. The van der Waals surface area contributed by atoms with Crippen molar-refractivity contribution in [2.75, 3.05) is 28.4 Å². The number of hydrogen-bond donors (Lipinski definition) is 8. The van der Waals surface area contributed by atoms with Crippen molar-refractivity contribution in [1.82, 2.24) is 0 Å². The number of carbonyl (C=O) groups excluding carboxylic acids is 2. The maximum Gasteiger partial charge on any atom is 0.331 e. The monoisotopic (exact) mass is 1390 g/mol. The smallest absolute Gasteiger partial charge is 0.331 e. The summed E-state index contributed by atoms with van der Waals surface area (Å²) in [6, 6.07) is 0. The molecule has 0 radical (unpaired) electrons. The summed E-state index contributed by atoms with van der Waals surface area (Å²) in [6.45, 7) is 22.5. The van der Waals surface area contributed by atoms with Crippen molar-refractivity contribution in [3.63, 3.8) is 0 Å². The van der Waals surface area contributed by atoms with Crippen molar-refractivity contribution in [3.8, 4) is 0 Å². The molecule has 8 N–H and O–H groups in total. The third-order valence-electron chi connectivity index (χ3n) is 22.3. The number of allylic oxidation sites excluding steroid dienone is 4. The Morgan fingerprint density at radius 2 is 0.939 bits per heavy atom. The SMILES string of the molecule is CO[C@@H]1CC(C)OC(CCC(C)[C@H](O)[C@H](C)[C@@H](O)[C@@H](C)[C@H]2C[C@H](O)[C@H](C)[C@@H](OC)C[C@@H]3CC=C[C@@H](C[C@@H](O)C/C=C(C)/C=C/C(=O)OC(C(C)CCC4C[C@H](OC)C[C@H](C)O4)[C@H](C)[C@@H](O)[C@@H](C)[C@@H](O)C[C@H](O)[C@H](C)[C@@H](OC)C[C@@H]4CC=C[C@H](C[C@@H](O)C/C=C(C)/C=C/C(=O)O2)O4)O3)C1. The van der Waals surface area contributed by atoms with Gasteiger partial charge in [0.05, 0.1) is 122 Å². The lowest BCUT2D eigenvalue weighted by Crippen LogP contribution is -2.45. The molecule has 0 aromatic carbocycles. The number of methoxy groups -OCH3 is 4. The second-order valence-corrected chi connectivity index (χ2v) is 30.3. The van der Waals surface area contributed by atoms with Crippen LogP contribution in [0.5, 0.6) is 0 Å². The van der Waals surface area contributed by atoms with Gasteiger partial charge in [-0.05, 0) is 123 Å². The van der Waals surface area contributed by atoms with Gasteiger partial charge in [-0.15, -0.1) is 0 Å². The zero-order valence-electron chi connectivity index (χ0n) is 62.3. The summed E-state index contributed by atoms with van der Waals surface area (Å²) in [6.07, 6.45) is 14.3. The predicted octanol–water partition coefficient (Wildman–Crippen LogP) is 10.1. The van der Waals surface area contributed by atoms with E-state index in [0.717, 1.165) is 37.7 Å². The summed E-state index contributed by atoms with van der Waals surface area (Å²) in [7, 11) is 6.59. The van der Waals surface area contributed by atoms with Crippen molar-refractivity contribution in [1.29, 1.82) is 0 Å². The molecule has 0 aliphatic carbocycles. The molecular weight excluding hydrogens is 1260 g/mol. The van der Waals surface area contributed by atoms with E-state index in [0.29, 0.717) is 50.5 Å². The normalized spacial score (nSPS) is 41.1. The molecular formula is C78H132O20. The highest BCUT2D eigenvalue weighted by Crippen LogP contribution is 2.37. The molecule has 30 atom stereocenters. The number of ether oxygens (including phenoxy) is 10. The fraction of sp³-hybridized carbons (Fsp3) is 0.821. The Bertz CT molecular complexity index is 2480. The number of aliphatic hydroxyl groups excluding tert-OH is 8. The van der Waals surface area contributed by atoms with Crippen LogP contribution in [0.3, 0.4) is 0 Å². The van der Waals surface area contributed by atoms with E-state index in [9.17, 15) is 50.4 Å². The number of aliphatic hydroxyl groups is 8. The van der Waals surface area contributed by atoms with Crippen LogP contribution in [0.4, 0.5) is 0 Å². The average molecular weight is 1390 g/mol. The van der Waals surface area contributed by atoms with E-state index in [4.69, 9.17) is 47.4 Å². The van der Waals surface area contributed by atoms with Gasteiger partial charge >= 0.3 is 11.9 Å². The van der Waals surface area contributed by atoms with Gasteiger partial charge in [-0.25, -0.2) is 9.59 Å². The summed E-state index contributed by atoms with van der Waals surface area (Å²) in [5, 5.41) is 94.1. The van der Waals surface area contributed by atoms with Gasteiger partial charge in [-0.3, -0.25) is 0 Å². The summed E-state index contributed by atoms with van der Waals surface area (Å²) in [5.41, 5.74) is 1.41. The van der Waals surface area contributed by atoms with Crippen LogP contribution < -0.4 is 0 Å². The molecule has 20 nitrogen and oxygen atoms in total. The maximum absolute atomic E-state index is 13.9. The molecule has 0 amide bonds. The molecule has 0 saturated carbocycles. The summed E-state index contributed by atoms with van der Waals surface area (Å²) in [4.78, 5) is 27.7. The Balaban J connectivity index is 1.37. The second-order valence-electron chi connectivity index (χ2n) is 30.3. The van der Waals surface area contributed by atoms with Crippen molar-refractivity contribution in [2.24, 2.45) is 47.3 Å². The molecule has 4 bridgehead atoms. The maximum atomic E-state index is 13.9. The van der Waals surface area contributed by atoms with Gasteiger partial charge in [-0.1, -0.05) is 115 Å². The van der Waals surface area contributed by atoms with Crippen LogP contribution in [0, 0.1) is 47.3 Å². The van der Waals surface area contributed by atoms with Gasteiger partial charge < -0.3 is 88.2 Å². The molecule has 5 rings (SSSR count). The van der Waals surface area contributed by atoms with Crippen LogP contribution >= 0.6 is 0 Å². The fourth-order valence-corrected chi connectivity index (χ4v) is 15.3. The Hall–Kier alpha value is -3.26. The number of esters is 2. The lowest BCUT2D eigenvalue weighted by Gasteiger charge is -2.38. The quantitative estimate of drug-likeness (QED) is 0.0527. The van der Waals surface area contributed by atoms with E-state index in [1.54, 1.807) is 61.4 Å². The van der Waals surface area contributed by atoms with Crippen LogP contribution in [0.2, 0.25) is 0 Å². The summed E-state index contributed by atoms with van der Waals surface area (Å²) < 4.78 is 61.4. The first-order valence-electron chi connectivity index (χ1n) is 37.1. The molecule has 0 aromatic heterocycles. The van der Waals surface area contributed by atoms with E-state index in [-0.39, 0.29) is 99.2 Å². The highest BCUT2D eigenvalue weighted by molar-refractivity contribution is 5.83. The van der Waals surface area contributed by atoms with Crippen molar-refractivity contribution < 1.29 is 97.8 Å². The van der Waals surface area contributed by atoms with Gasteiger partial charge in [0.15, 0.2) is 0 Å². The first-order chi connectivity index (χ1) is 46.4. The van der Waals surface area contributed by atoms with Crippen LogP contribution in [-0.4, -0.2) is 216 Å². The molecule has 5 heterocycles. The van der Waals surface area contributed by atoms with Crippen molar-refractivity contribution in [2.45, 2.75) is 333 Å². The van der Waals surface area contributed by atoms with E-state index < -0.39 is 133 Å². The molecule has 6 unspecified atom stereocenters. The van der Waals surface area contributed by atoms with Crippen LogP contribution in [0.1, 0.15) is 199 Å². The summed E-state index contributed by atoms with van der Waals surface area (Å²) in [5.74, 6) is -5.42. The minimum Gasteiger partial charge on any atom is -0.459 e. The van der Waals surface area contributed by atoms with Crippen LogP contribution in [0.25, 0.3) is 0 Å². The number of fused-ring (bicyclic) bond motifs is 4. The van der Waals surface area contributed by atoms with Crippen molar-refractivity contribution in [3.05, 3.63) is 71.9 Å². The number of carbonyl (C=O) groups is 2. The predicted molar refractivity (Wildman–Crippen MR) is 377 cm³/mol. The van der Waals surface area contributed by atoms with E-state index >= 15 is 0 Å². The molecule has 0 spiro atoms. The Labute approximate surface area is 587 Å². The number of cyclic esters (lactones) is 2. The van der Waals surface area contributed by atoms with Gasteiger partial charge in [0.25, 0.3) is 0 Å². The second kappa shape index (κ2) is 43.1. The standard InChI is InChI=1S/C78H132O20/c1-45-23-29-57(79)37-59-19-17-21-61(95-59)41-70(91-15)51(7)67(81)43-68(82)53(9)76(87)56(12)78(48(4)28-32-64-40-66(90-14)36-50(6)94-64)98-74(85)34-26-46(2)24-30-58(80)38-60-20-18-22-62(96-60)42-71(92-16)52(8)69(83)44-72(97-73(84)33-25-45)54(10)77(88)55(11)75(86)47(3)27-31-63-39-65(89-13)35-49(5)93-63/h17-20,23-26,33-34,47-72,75-83,86-88H,21-22,27-32,35-44H2,1-16H3/b33-25+,34-26+,45-23+,46-24+/t47?,48?,49?,50-,51-,52-,53-,54-,55-,56+,57-,58-,59+,60-,61-,62-,63?,64?,65+,66+,67-,68-,69-,70-,71-,72+,75-,76-,77-,78?/m0/s1. The summed E-state index contributed by atoms with van der Waals surface area (Å²) >= 11 is 0. The zero-order chi connectivity index (χ0) is 72.5. The van der Waals surface area contributed by atoms with Crippen LogP contribution in [0.15, 0.2) is 71.9 Å². The largest absolute Gasteiger partial charge is 0.459 e. The Kier molecular flexibility index (Phi) is 37.6. The van der Waals surface area contributed by atoms with Crippen LogP contribution in [-0.2, 0) is 57.0 Å². The highest BCUT2D eigenvalue weighted by atomic mass is 16.6. The third kappa shape index (κ3) is 28.1. The molecule has 0 aromatic rings. The van der Waals surface area contributed by atoms with Gasteiger partial charge in [-0.2, -0.15) is 0 Å². The van der Waals surface area contributed by atoms with E-state index in [1.165, 1.54) is 12.2 Å².